The van der Waals surface area contributed by atoms with Crippen molar-refractivity contribution in [3.8, 4) is 11.1 Å². The molecule has 25 heavy (non-hydrogen) atoms. The highest BCUT2D eigenvalue weighted by atomic mass is 31.2. The monoisotopic (exact) mass is 361 g/mol. The van der Waals surface area contributed by atoms with E-state index in [1.165, 1.54) is 5.56 Å². The fraction of sp³-hybridized carbons (Fsp3) is 0.400. The van der Waals surface area contributed by atoms with E-state index >= 15 is 0 Å². The molecule has 0 aliphatic heterocycles. The second kappa shape index (κ2) is 8.66. The van der Waals surface area contributed by atoms with Crippen molar-refractivity contribution in [3.05, 3.63) is 53.6 Å². The van der Waals surface area contributed by atoms with Gasteiger partial charge in [0.15, 0.2) is 0 Å². The Morgan fingerprint density at radius 1 is 0.880 bits per heavy atom. The molecule has 0 unspecified atom stereocenters. The molecule has 0 aromatic heterocycles. The zero-order valence-corrected chi connectivity index (χ0v) is 16.7. The van der Waals surface area contributed by atoms with Crippen molar-refractivity contribution >= 4 is 13.4 Å². The molecule has 136 valence electrons. The largest absolute Gasteiger partial charge is 0.435 e. The molecular formula is C20H28NO3P. The van der Waals surface area contributed by atoms with Gasteiger partial charge in [0.2, 0.25) is 0 Å². The minimum absolute atomic E-state index is 0.333. The van der Waals surface area contributed by atoms with Crippen molar-refractivity contribution in [3.63, 3.8) is 0 Å². The smallest absolute Gasteiger partial charge is 0.292 e. The van der Waals surface area contributed by atoms with Crippen LogP contribution in [0.25, 0.3) is 11.1 Å². The van der Waals surface area contributed by atoms with Crippen LogP contribution in [0, 0.1) is 13.8 Å². The van der Waals surface area contributed by atoms with Crippen molar-refractivity contribution in [2.75, 3.05) is 24.4 Å². The van der Waals surface area contributed by atoms with Gasteiger partial charge < -0.3 is 0 Å². The Morgan fingerprint density at radius 3 is 1.96 bits per heavy atom. The van der Waals surface area contributed by atoms with Crippen LogP contribution in [0.1, 0.15) is 31.9 Å². The van der Waals surface area contributed by atoms with Crippen molar-refractivity contribution in [2.24, 2.45) is 0 Å². The number of aryl methyl sites for hydroxylation is 2. The van der Waals surface area contributed by atoms with Gasteiger partial charge in [0.25, 0.3) is 0 Å². The molecule has 0 aliphatic carbocycles. The van der Waals surface area contributed by atoms with Crippen LogP contribution in [0.2, 0.25) is 0 Å². The SMILES string of the molecule is CCOP(=O)(OCC)N(CC)c1cc(C)ccc1-c1ccc(C)cc1. The number of hydrogen-bond donors (Lipinski definition) is 0. The molecule has 0 radical (unpaired) electrons. The third kappa shape index (κ3) is 4.52. The van der Waals surface area contributed by atoms with Crippen LogP contribution >= 0.6 is 7.75 Å². The standard InChI is InChI=1S/C20H28NO3P/c1-6-21(25(22,23-7-2)24-8-3)20-15-17(5)11-14-19(20)18-12-9-16(4)10-13-18/h9-15H,6-8H2,1-5H3. The van der Waals surface area contributed by atoms with Crippen LogP contribution in [0.3, 0.4) is 0 Å². The summed E-state index contributed by atoms with van der Waals surface area (Å²) in [5.74, 6) is 0. The zero-order valence-electron chi connectivity index (χ0n) is 15.8. The number of rotatable bonds is 8. The summed E-state index contributed by atoms with van der Waals surface area (Å²) in [5.41, 5.74) is 5.28. The predicted octanol–water partition coefficient (Wildman–Crippen LogP) is 5.98. The van der Waals surface area contributed by atoms with Gasteiger partial charge >= 0.3 is 7.75 Å². The third-order valence-corrected chi connectivity index (χ3v) is 6.23. The van der Waals surface area contributed by atoms with Gasteiger partial charge in [0.1, 0.15) is 0 Å². The Hall–Kier alpha value is -1.61. The minimum Gasteiger partial charge on any atom is -0.292 e. The first-order valence-electron chi connectivity index (χ1n) is 8.80. The lowest BCUT2D eigenvalue weighted by atomic mass is 10.0. The van der Waals surface area contributed by atoms with Gasteiger partial charge in [-0.15, -0.1) is 0 Å². The lowest BCUT2D eigenvalue weighted by molar-refractivity contribution is 0.218. The van der Waals surface area contributed by atoms with Gasteiger partial charge in [0, 0.05) is 12.1 Å². The van der Waals surface area contributed by atoms with Gasteiger partial charge in [-0.3, -0.25) is 13.7 Å². The molecule has 0 fully saturated rings. The second-order valence-electron chi connectivity index (χ2n) is 5.91. The molecule has 2 rings (SSSR count). The van der Waals surface area contributed by atoms with E-state index in [1.54, 1.807) is 4.67 Å². The van der Waals surface area contributed by atoms with E-state index in [1.807, 2.05) is 33.8 Å². The van der Waals surface area contributed by atoms with Gasteiger partial charge in [-0.05, 0) is 51.8 Å². The van der Waals surface area contributed by atoms with Gasteiger partial charge in [-0.1, -0.05) is 42.0 Å². The van der Waals surface area contributed by atoms with Gasteiger partial charge in [0.05, 0.1) is 18.9 Å². The summed E-state index contributed by atoms with van der Waals surface area (Å²) < 4.78 is 26.3. The quantitative estimate of drug-likeness (QED) is 0.542. The van der Waals surface area contributed by atoms with Crippen LogP contribution in [-0.4, -0.2) is 19.8 Å². The molecule has 5 heteroatoms. The maximum Gasteiger partial charge on any atom is 0.435 e. The highest BCUT2D eigenvalue weighted by Crippen LogP contribution is 2.55. The van der Waals surface area contributed by atoms with Crippen molar-refractivity contribution < 1.29 is 13.6 Å². The molecule has 0 aliphatic rings. The van der Waals surface area contributed by atoms with Crippen LogP contribution in [0.5, 0.6) is 0 Å². The second-order valence-corrected chi connectivity index (χ2v) is 7.84. The zero-order chi connectivity index (χ0) is 18.4. The number of hydrogen-bond acceptors (Lipinski definition) is 3. The van der Waals surface area contributed by atoms with Crippen molar-refractivity contribution in [1.29, 1.82) is 0 Å². The minimum atomic E-state index is -3.39. The molecule has 0 spiro atoms. The molecule has 0 saturated heterocycles. The van der Waals surface area contributed by atoms with Crippen molar-refractivity contribution in [2.45, 2.75) is 34.6 Å². The van der Waals surface area contributed by atoms with Crippen molar-refractivity contribution in [1.82, 2.24) is 0 Å². The van der Waals surface area contributed by atoms with Crippen LogP contribution < -0.4 is 4.67 Å². The summed E-state index contributed by atoms with van der Waals surface area (Å²) in [4.78, 5) is 0. The molecule has 0 amide bonds. The maximum absolute atomic E-state index is 13.4. The fourth-order valence-corrected chi connectivity index (χ4v) is 4.59. The first kappa shape index (κ1) is 19.7. The predicted molar refractivity (Wildman–Crippen MR) is 105 cm³/mol. The average Bonchev–Trinajstić information content (AvgIpc) is 2.57. The highest BCUT2D eigenvalue weighted by molar-refractivity contribution is 7.55. The summed E-state index contributed by atoms with van der Waals surface area (Å²) in [6.45, 7) is 10.9. The van der Waals surface area contributed by atoms with Crippen LogP contribution in [0.4, 0.5) is 5.69 Å². The van der Waals surface area contributed by atoms with Crippen LogP contribution in [0.15, 0.2) is 42.5 Å². The molecule has 0 heterocycles. The van der Waals surface area contributed by atoms with E-state index in [2.05, 4.69) is 43.3 Å². The first-order valence-corrected chi connectivity index (χ1v) is 10.3. The lowest BCUT2D eigenvalue weighted by Gasteiger charge is -2.32. The average molecular weight is 361 g/mol. The summed E-state index contributed by atoms with van der Waals surface area (Å²) >= 11 is 0. The summed E-state index contributed by atoms with van der Waals surface area (Å²) in [6, 6.07) is 14.5. The van der Waals surface area contributed by atoms with Gasteiger partial charge in [-0.25, -0.2) is 4.57 Å². The lowest BCUT2D eigenvalue weighted by Crippen LogP contribution is -2.23. The van der Waals surface area contributed by atoms with E-state index in [9.17, 15) is 4.57 Å². The summed E-state index contributed by atoms with van der Waals surface area (Å²) in [6.07, 6.45) is 0. The Kier molecular flexibility index (Phi) is 6.83. The maximum atomic E-state index is 13.4. The fourth-order valence-electron chi connectivity index (χ4n) is 2.81. The van der Waals surface area contributed by atoms with E-state index in [4.69, 9.17) is 9.05 Å². The van der Waals surface area contributed by atoms with E-state index in [-0.39, 0.29) is 0 Å². The number of benzene rings is 2. The van der Waals surface area contributed by atoms with E-state index in [0.717, 1.165) is 22.4 Å². The van der Waals surface area contributed by atoms with E-state index < -0.39 is 7.75 Å². The molecule has 0 saturated carbocycles. The summed E-state index contributed by atoms with van der Waals surface area (Å²) in [7, 11) is -3.39. The number of nitrogens with zero attached hydrogens (tertiary/aromatic N) is 1. The first-order chi connectivity index (χ1) is 11.9. The normalized spacial score (nSPS) is 11.6. The van der Waals surface area contributed by atoms with Gasteiger partial charge in [-0.2, -0.15) is 0 Å². The van der Waals surface area contributed by atoms with Crippen LogP contribution in [-0.2, 0) is 13.6 Å². The molecule has 2 aromatic carbocycles. The molecule has 0 atom stereocenters. The summed E-state index contributed by atoms with van der Waals surface area (Å²) in [5, 5.41) is 0. The highest BCUT2D eigenvalue weighted by Gasteiger charge is 2.33. The Labute approximate surface area is 151 Å². The Bertz CT molecular complexity index is 733. The van der Waals surface area contributed by atoms with E-state index in [0.29, 0.717) is 19.8 Å². The molecule has 0 bridgehead atoms. The Morgan fingerprint density at radius 2 is 1.44 bits per heavy atom. The third-order valence-electron chi connectivity index (χ3n) is 3.97. The molecule has 2 aromatic rings. The Balaban J connectivity index is 2.60. The molecular weight excluding hydrogens is 333 g/mol. The molecule has 0 N–H and O–H groups in total. The number of anilines is 1. The topological polar surface area (TPSA) is 38.8 Å². The molecule has 4 nitrogen and oxygen atoms in total.